The van der Waals surface area contributed by atoms with Gasteiger partial charge in [-0.1, -0.05) is 24.3 Å². The van der Waals surface area contributed by atoms with E-state index in [0.717, 1.165) is 0 Å². The molecule has 0 atom stereocenters. The van der Waals surface area contributed by atoms with Gasteiger partial charge in [0.25, 0.3) is 0 Å². The van der Waals surface area contributed by atoms with Crippen LogP contribution in [0.15, 0.2) is 48.5 Å². The summed E-state index contributed by atoms with van der Waals surface area (Å²) < 4.78 is 0. The van der Waals surface area contributed by atoms with Crippen molar-refractivity contribution in [2.24, 2.45) is 0 Å². The van der Waals surface area contributed by atoms with Crippen LogP contribution in [-0.2, 0) is 16.8 Å². The van der Waals surface area contributed by atoms with E-state index in [9.17, 15) is 9.59 Å². The summed E-state index contributed by atoms with van der Waals surface area (Å²) in [5.74, 6) is 0.0694. The number of carbonyl (C=O) groups is 2. The van der Waals surface area contributed by atoms with Gasteiger partial charge in [0.05, 0.1) is 11.1 Å². The first-order valence-corrected chi connectivity index (χ1v) is 5.15. The molecule has 0 aliphatic carbocycles. The van der Waals surface area contributed by atoms with E-state index in [0.29, 0.717) is 23.7 Å². The Balaban J connectivity index is 0.000000324. The normalized spacial score (nSPS) is 8.42. The maximum atomic E-state index is 10.1. The zero-order chi connectivity index (χ0) is 13.4. The summed E-state index contributed by atoms with van der Waals surface area (Å²) in [7, 11) is 0. The predicted octanol–water partition coefficient (Wildman–Crippen LogP) is 2.41. The van der Waals surface area contributed by atoms with Gasteiger partial charge in [0.15, 0.2) is 12.6 Å². The van der Waals surface area contributed by atoms with E-state index < -0.39 is 0 Å². The number of hydrogen-bond acceptors (Lipinski definition) is 4. The molecule has 2 N–H and O–H groups in total. The number of rotatable bonds is 2. The first-order valence-electron chi connectivity index (χ1n) is 5.15. The van der Waals surface area contributed by atoms with Crippen LogP contribution >= 0.6 is 0 Å². The van der Waals surface area contributed by atoms with Crippen molar-refractivity contribution >= 4 is 12.6 Å². The standard InChI is InChI=1S/2C7H6O2.Co/c2*8-5-6-3-1-2-4-7(6)9;/h2*1-5,9H;. The first-order chi connectivity index (χ1) is 8.69. The molecular formula is C14H12CoO4. The van der Waals surface area contributed by atoms with E-state index in [4.69, 9.17) is 10.2 Å². The van der Waals surface area contributed by atoms with Gasteiger partial charge in [0.2, 0.25) is 0 Å². The van der Waals surface area contributed by atoms with Crippen molar-refractivity contribution in [1.29, 1.82) is 0 Å². The number of benzene rings is 2. The molecule has 0 aliphatic rings. The van der Waals surface area contributed by atoms with Crippen LogP contribution in [0, 0.1) is 0 Å². The van der Waals surface area contributed by atoms with E-state index in [-0.39, 0.29) is 28.3 Å². The minimum atomic E-state index is 0. The zero-order valence-corrected chi connectivity index (χ0v) is 10.9. The second-order valence-electron chi connectivity index (χ2n) is 3.35. The fourth-order valence-corrected chi connectivity index (χ4v) is 1.17. The predicted molar refractivity (Wildman–Crippen MR) is 67.0 cm³/mol. The Labute approximate surface area is 120 Å². The van der Waals surface area contributed by atoms with Crippen LogP contribution in [0.4, 0.5) is 0 Å². The minimum Gasteiger partial charge on any atom is -0.507 e. The van der Waals surface area contributed by atoms with Gasteiger partial charge >= 0.3 is 0 Å². The van der Waals surface area contributed by atoms with Crippen molar-refractivity contribution in [3.05, 3.63) is 59.7 Å². The molecule has 0 aliphatic heterocycles. The van der Waals surface area contributed by atoms with Gasteiger partial charge in [0, 0.05) is 16.8 Å². The summed E-state index contributed by atoms with van der Waals surface area (Å²) in [5, 5.41) is 17.8. The smallest absolute Gasteiger partial charge is 0.153 e. The molecular weight excluding hydrogens is 291 g/mol. The third-order valence-corrected chi connectivity index (χ3v) is 2.13. The van der Waals surface area contributed by atoms with Crippen LogP contribution in [0.5, 0.6) is 11.5 Å². The third-order valence-electron chi connectivity index (χ3n) is 2.13. The van der Waals surface area contributed by atoms with Crippen LogP contribution < -0.4 is 0 Å². The first kappa shape index (κ1) is 16.9. The Morgan fingerprint density at radius 1 is 0.684 bits per heavy atom. The van der Waals surface area contributed by atoms with Crippen molar-refractivity contribution in [3.8, 4) is 11.5 Å². The van der Waals surface area contributed by atoms with E-state index in [1.54, 1.807) is 36.4 Å². The van der Waals surface area contributed by atoms with Crippen LogP contribution in [0.25, 0.3) is 0 Å². The van der Waals surface area contributed by atoms with Gasteiger partial charge in [-0.25, -0.2) is 0 Å². The number of phenols is 2. The summed E-state index contributed by atoms with van der Waals surface area (Å²) in [6.45, 7) is 0. The molecule has 101 valence electrons. The number of phenolic OH excluding ortho intramolecular Hbond substituents is 2. The Kier molecular flexibility index (Phi) is 7.91. The van der Waals surface area contributed by atoms with E-state index in [2.05, 4.69) is 0 Å². The molecule has 2 aromatic rings. The van der Waals surface area contributed by atoms with E-state index >= 15 is 0 Å². The van der Waals surface area contributed by atoms with Crippen molar-refractivity contribution in [1.82, 2.24) is 0 Å². The fourth-order valence-electron chi connectivity index (χ4n) is 1.17. The maximum absolute atomic E-state index is 10.1. The van der Waals surface area contributed by atoms with E-state index in [1.807, 2.05) is 0 Å². The van der Waals surface area contributed by atoms with Crippen molar-refractivity contribution in [2.45, 2.75) is 0 Å². The monoisotopic (exact) mass is 303 g/mol. The largest absolute Gasteiger partial charge is 0.507 e. The van der Waals surface area contributed by atoms with Crippen molar-refractivity contribution in [2.75, 3.05) is 0 Å². The average Bonchev–Trinajstić information content (AvgIpc) is 2.41. The summed E-state index contributed by atoms with van der Waals surface area (Å²) in [6.07, 6.45) is 1.24. The molecule has 2 rings (SSSR count). The van der Waals surface area contributed by atoms with Gasteiger partial charge in [-0.15, -0.1) is 0 Å². The number of para-hydroxylation sites is 2. The Bertz CT molecular complexity index is 491. The van der Waals surface area contributed by atoms with Crippen molar-refractivity contribution in [3.63, 3.8) is 0 Å². The fraction of sp³-hybridized carbons (Fsp3) is 0. The number of aromatic hydroxyl groups is 2. The molecule has 5 heteroatoms. The summed E-state index contributed by atoms with van der Waals surface area (Å²) in [4.78, 5) is 20.1. The third kappa shape index (κ3) is 5.37. The molecule has 19 heavy (non-hydrogen) atoms. The minimum absolute atomic E-state index is 0. The van der Waals surface area contributed by atoms with Crippen LogP contribution in [0.3, 0.4) is 0 Å². The quantitative estimate of drug-likeness (QED) is 0.835. The molecule has 0 amide bonds. The topological polar surface area (TPSA) is 74.6 Å². The molecule has 0 bridgehead atoms. The SMILES string of the molecule is O=Cc1ccccc1O.O=Cc1ccccc1O.[Co]. The molecule has 0 spiro atoms. The number of aldehydes is 2. The Hall–Kier alpha value is -2.11. The molecule has 4 nitrogen and oxygen atoms in total. The van der Waals surface area contributed by atoms with Gasteiger partial charge < -0.3 is 10.2 Å². The van der Waals surface area contributed by atoms with Crippen LogP contribution in [0.1, 0.15) is 20.7 Å². The molecule has 0 saturated heterocycles. The Morgan fingerprint density at radius 3 is 1.21 bits per heavy atom. The summed E-state index contributed by atoms with van der Waals surface area (Å²) in [5.41, 5.74) is 0.662. The summed E-state index contributed by atoms with van der Waals surface area (Å²) >= 11 is 0. The number of hydrogen-bond donors (Lipinski definition) is 2. The second-order valence-corrected chi connectivity index (χ2v) is 3.35. The van der Waals surface area contributed by atoms with Gasteiger partial charge in [-0.2, -0.15) is 0 Å². The molecule has 0 unspecified atom stereocenters. The van der Waals surface area contributed by atoms with E-state index in [1.165, 1.54) is 12.1 Å². The van der Waals surface area contributed by atoms with Gasteiger partial charge in [-0.3, -0.25) is 9.59 Å². The van der Waals surface area contributed by atoms with Crippen LogP contribution in [0.2, 0.25) is 0 Å². The van der Waals surface area contributed by atoms with Crippen molar-refractivity contribution < 1.29 is 36.6 Å². The molecule has 0 heterocycles. The number of carbonyl (C=O) groups excluding carboxylic acids is 2. The molecule has 0 saturated carbocycles. The zero-order valence-electron chi connectivity index (χ0n) is 9.82. The summed E-state index contributed by atoms with van der Waals surface area (Å²) in [6, 6.07) is 12.8. The van der Waals surface area contributed by atoms with Gasteiger partial charge in [-0.05, 0) is 24.3 Å². The van der Waals surface area contributed by atoms with Crippen LogP contribution in [-0.4, -0.2) is 22.8 Å². The Morgan fingerprint density at radius 2 is 1.00 bits per heavy atom. The van der Waals surface area contributed by atoms with Gasteiger partial charge in [0.1, 0.15) is 11.5 Å². The molecule has 0 aromatic heterocycles. The second kappa shape index (κ2) is 8.90. The molecule has 1 radical (unpaired) electrons. The average molecular weight is 303 g/mol. The molecule has 2 aromatic carbocycles. The molecule has 0 fully saturated rings. The maximum Gasteiger partial charge on any atom is 0.153 e.